The molecule has 2 aliphatic carbocycles. The van der Waals surface area contributed by atoms with Gasteiger partial charge in [-0.2, -0.15) is 0 Å². The maximum atomic E-state index is 12.2. The zero-order chi connectivity index (χ0) is 15.7. The second-order valence-corrected chi connectivity index (χ2v) is 7.66. The van der Waals surface area contributed by atoms with Gasteiger partial charge in [-0.1, -0.05) is 26.7 Å². The third-order valence-corrected chi connectivity index (χ3v) is 6.07. The number of amides is 2. The molecule has 1 saturated heterocycles. The van der Waals surface area contributed by atoms with Crippen LogP contribution in [0.15, 0.2) is 0 Å². The third-order valence-electron chi connectivity index (χ3n) is 6.07. The van der Waals surface area contributed by atoms with Gasteiger partial charge in [0.15, 0.2) is 0 Å². The van der Waals surface area contributed by atoms with Crippen molar-refractivity contribution in [2.75, 3.05) is 13.2 Å². The number of aliphatic hydroxyl groups excluding tert-OH is 1. The first-order valence-electron chi connectivity index (χ1n) is 8.88. The number of ether oxygens (including phenoxy) is 1. The van der Waals surface area contributed by atoms with Crippen molar-refractivity contribution in [1.82, 2.24) is 10.6 Å². The molecule has 1 spiro atoms. The highest BCUT2D eigenvalue weighted by Gasteiger charge is 2.65. The van der Waals surface area contributed by atoms with E-state index in [4.69, 9.17) is 4.74 Å². The molecule has 3 aliphatic rings. The second-order valence-electron chi connectivity index (χ2n) is 7.66. The molecule has 0 bridgehead atoms. The van der Waals surface area contributed by atoms with Crippen molar-refractivity contribution in [2.45, 2.75) is 70.6 Å². The molecule has 0 aromatic heterocycles. The third kappa shape index (κ3) is 2.73. The molecule has 22 heavy (non-hydrogen) atoms. The first-order chi connectivity index (χ1) is 10.5. The zero-order valence-corrected chi connectivity index (χ0v) is 13.8. The van der Waals surface area contributed by atoms with Gasteiger partial charge >= 0.3 is 6.03 Å². The van der Waals surface area contributed by atoms with E-state index < -0.39 is 0 Å². The Morgan fingerprint density at radius 2 is 2.09 bits per heavy atom. The minimum absolute atomic E-state index is 0.0856. The lowest BCUT2D eigenvalue weighted by atomic mass is 9.54. The van der Waals surface area contributed by atoms with Crippen molar-refractivity contribution in [3.8, 4) is 0 Å². The highest BCUT2D eigenvalue weighted by molar-refractivity contribution is 5.74. The van der Waals surface area contributed by atoms with Gasteiger partial charge < -0.3 is 20.5 Å². The maximum absolute atomic E-state index is 12.2. The van der Waals surface area contributed by atoms with E-state index in [-0.39, 0.29) is 29.5 Å². The number of fused-ring (bicyclic) bond motifs is 2. The van der Waals surface area contributed by atoms with Crippen LogP contribution in [0.2, 0.25) is 0 Å². The molecule has 1 heterocycles. The SMILES string of the molecule is CC(C)C(O)CCNC(=O)NC1C2CCOC2C12CCCC2. The fourth-order valence-electron chi connectivity index (χ4n) is 4.76. The topological polar surface area (TPSA) is 70.6 Å². The lowest BCUT2D eigenvalue weighted by molar-refractivity contribution is -0.126. The van der Waals surface area contributed by atoms with E-state index >= 15 is 0 Å². The minimum atomic E-state index is -0.349. The predicted octanol–water partition coefficient (Wildman–Crippen LogP) is 2.04. The van der Waals surface area contributed by atoms with Crippen LogP contribution in [0.3, 0.4) is 0 Å². The number of urea groups is 1. The summed E-state index contributed by atoms with van der Waals surface area (Å²) in [4.78, 5) is 12.2. The van der Waals surface area contributed by atoms with Gasteiger partial charge in [-0.3, -0.25) is 0 Å². The number of hydrogen-bond acceptors (Lipinski definition) is 3. The zero-order valence-electron chi connectivity index (χ0n) is 13.8. The molecule has 5 nitrogen and oxygen atoms in total. The van der Waals surface area contributed by atoms with Crippen LogP contribution in [-0.2, 0) is 4.74 Å². The number of nitrogens with one attached hydrogen (secondary N) is 2. The van der Waals surface area contributed by atoms with Crippen LogP contribution >= 0.6 is 0 Å². The molecule has 1 aliphatic heterocycles. The van der Waals surface area contributed by atoms with Crippen LogP contribution in [0.5, 0.6) is 0 Å². The van der Waals surface area contributed by atoms with Crippen LogP contribution in [0, 0.1) is 17.3 Å². The lowest BCUT2D eigenvalue weighted by Gasteiger charge is -2.56. The summed E-state index contributed by atoms with van der Waals surface area (Å²) in [6, 6.07) is 0.190. The molecule has 3 rings (SSSR count). The van der Waals surface area contributed by atoms with E-state index in [1.54, 1.807) is 0 Å². The highest BCUT2D eigenvalue weighted by atomic mass is 16.5. The molecule has 126 valence electrons. The minimum Gasteiger partial charge on any atom is -0.393 e. The van der Waals surface area contributed by atoms with Crippen LogP contribution in [0.4, 0.5) is 4.79 Å². The average Bonchev–Trinajstić information content (AvgIpc) is 3.12. The molecule has 0 radical (unpaired) electrons. The molecule has 2 amide bonds. The first-order valence-corrected chi connectivity index (χ1v) is 8.88. The van der Waals surface area contributed by atoms with Crippen molar-refractivity contribution in [3.63, 3.8) is 0 Å². The predicted molar refractivity (Wildman–Crippen MR) is 84.5 cm³/mol. The van der Waals surface area contributed by atoms with Crippen LogP contribution in [0.1, 0.15) is 52.4 Å². The smallest absolute Gasteiger partial charge is 0.315 e. The van der Waals surface area contributed by atoms with E-state index in [1.165, 1.54) is 25.7 Å². The van der Waals surface area contributed by atoms with Gasteiger partial charge in [0, 0.05) is 30.5 Å². The number of carbonyl (C=O) groups is 1. The van der Waals surface area contributed by atoms with E-state index in [0.717, 1.165) is 13.0 Å². The summed E-state index contributed by atoms with van der Waals surface area (Å²) in [6.45, 7) is 5.35. The number of aliphatic hydroxyl groups is 1. The number of carbonyl (C=O) groups excluding carboxylic acids is 1. The summed E-state index contributed by atoms with van der Waals surface area (Å²) < 4.78 is 5.94. The molecule has 2 saturated carbocycles. The Bertz CT molecular complexity index is 407. The van der Waals surface area contributed by atoms with Gasteiger partial charge in [-0.25, -0.2) is 4.79 Å². The van der Waals surface area contributed by atoms with Crippen molar-refractivity contribution in [2.24, 2.45) is 17.3 Å². The summed E-state index contributed by atoms with van der Waals surface area (Å²) in [5.74, 6) is 0.736. The van der Waals surface area contributed by atoms with E-state index in [2.05, 4.69) is 10.6 Å². The van der Waals surface area contributed by atoms with E-state index in [9.17, 15) is 9.90 Å². The number of hydrogen-bond donors (Lipinski definition) is 3. The molecule has 5 heteroatoms. The van der Waals surface area contributed by atoms with Crippen LogP contribution < -0.4 is 10.6 Å². The van der Waals surface area contributed by atoms with Gasteiger partial charge in [-0.15, -0.1) is 0 Å². The first kappa shape index (κ1) is 16.1. The standard InChI is InChI=1S/C17H30N2O3/c1-11(2)13(20)5-9-18-16(21)19-14-12-6-10-22-15(12)17(14)7-3-4-8-17/h11-15,20H,3-10H2,1-2H3,(H2,18,19,21). The largest absolute Gasteiger partial charge is 0.393 e. The van der Waals surface area contributed by atoms with Gasteiger partial charge in [0.2, 0.25) is 0 Å². The van der Waals surface area contributed by atoms with Crippen LogP contribution in [-0.4, -0.2) is 42.5 Å². The summed E-state index contributed by atoms with van der Waals surface area (Å²) >= 11 is 0. The fourth-order valence-corrected chi connectivity index (χ4v) is 4.76. The van der Waals surface area contributed by atoms with Gasteiger partial charge in [0.1, 0.15) is 0 Å². The second kappa shape index (κ2) is 6.36. The van der Waals surface area contributed by atoms with Gasteiger partial charge in [-0.05, 0) is 31.6 Å². The van der Waals surface area contributed by atoms with E-state index in [1.807, 2.05) is 13.8 Å². The Kier molecular flexibility index (Phi) is 4.64. The van der Waals surface area contributed by atoms with Crippen molar-refractivity contribution in [1.29, 1.82) is 0 Å². The Morgan fingerprint density at radius 1 is 1.36 bits per heavy atom. The van der Waals surface area contributed by atoms with Gasteiger partial charge in [0.05, 0.1) is 12.2 Å². The quantitative estimate of drug-likeness (QED) is 0.728. The monoisotopic (exact) mass is 310 g/mol. The Morgan fingerprint density at radius 3 is 2.77 bits per heavy atom. The molecule has 3 N–H and O–H groups in total. The molecule has 3 fully saturated rings. The Hall–Kier alpha value is -0.810. The lowest BCUT2D eigenvalue weighted by Crippen LogP contribution is -2.69. The molecule has 0 aromatic rings. The number of rotatable bonds is 5. The molecule has 4 unspecified atom stereocenters. The molecular formula is C17H30N2O3. The Labute approximate surface area is 133 Å². The molecule has 0 aromatic carbocycles. The normalized spacial score (nSPS) is 33.5. The maximum Gasteiger partial charge on any atom is 0.315 e. The van der Waals surface area contributed by atoms with Crippen molar-refractivity contribution >= 4 is 6.03 Å². The summed E-state index contributed by atoms with van der Waals surface area (Å²) in [5.41, 5.74) is 0.204. The summed E-state index contributed by atoms with van der Waals surface area (Å²) in [5, 5.41) is 15.9. The fraction of sp³-hybridized carbons (Fsp3) is 0.941. The highest BCUT2D eigenvalue weighted by Crippen LogP contribution is 2.60. The Balaban J connectivity index is 1.48. The molecular weight excluding hydrogens is 280 g/mol. The van der Waals surface area contributed by atoms with E-state index in [0.29, 0.717) is 25.0 Å². The summed E-state index contributed by atoms with van der Waals surface area (Å²) in [6.07, 6.45) is 6.59. The van der Waals surface area contributed by atoms with Gasteiger partial charge in [0.25, 0.3) is 0 Å². The van der Waals surface area contributed by atoms with Crippen LogP contribution in [0.25, 0.3) is 0 Å². The average molecular weight is 310 g/mol. The van der Waals surface area contributed by atoms with Crippen molar-refractivity contribution < 1.29 is 14.6 Å². The van der Waals surface area contributed by atoms with Crippen molar-refractivity contribution in [3.05, 3.63) is 0 Å². The summed E-state index contributed by atoms with van der Waals surface area (Å²) in [7, 11) is 0. The molecule has 4 atom stereocenters.